The Kier molecular flexibility index (Phi) is 6.44. The van der Waals surface area contributed by atoms with Gasteiger partial charge < -0.3 is 25.4 Å². The number of aliphatic hydroxyl groups is 2. The van der Waals surface area contributed by atoms with Gasteiger partial charge in [0.2, 0.25) is 10.0 Å². The number of cyclic esters (lactones) is 1. The highest BCUT2D eigenvalue weighted by Gasteiger charge is 2.44. The first kappa shape index (κ1) is 24.3. The summed E-state index contributed by atoms with van der Waals surface area (Å²) in [6.45, 7) is -0.279. The fourth-order valence-electron chi connectivity index (χ4n) is 4.31. The molecule has 5 rings (SSSR count). The molecule has 3 aromatic rings. The van der Waals surface area contributed by atoms with Crippen molar-refractivity contribution in [2.45, 2.75) is 43.5 Å². The smallest absolute Gasteiger partial charge is 0.339 e. The third kappa shape index (κ3) is 4.56. The minimum Gasteiger partial charge on any atom is -0.454 e. The normalized spacial score (nSPS) is 26.1. The average Bonchev–Trinajstić information content (AvgIpc) is 3.51. The van der Waals surface area contributed by atoms with Gasteiger partial charge in [-0.15, -0.1) is 0 Å². The van der Waals surface area contributed by atoms with Gasteiger partial charge in [0.15, 0.2) is 17.7 Å². The number of carbonyl (C=O) groups is 1. The van der Waals surface area contributed by atoms with Gasteiger partial charge >= 0.3 is 5.97 Å². The lowest BCUT2D eigenvalue weighted by Crippen LogP contribution is -2.39. The average molecular weight is 517 g/mol. The summed E-state index contributed by atoms with van der Waals surface area (Å²) in [5, 5.41) is 21.9. The van der Waals surface area contributed by atoms with Gasteiger partial charge in [0, 0.05) is 17.5 Å². The summed E-state index contributed by atoms with van der Waals surface area (Å²) in [7, 11) is -3.86. The van der Waals surface area contributed by atoms with Crippen molar-refractivity contribution in [3.63, 3.8) is 0 Å². The van der Waals surface area contributed by atoms with Gasteiger partial charge in [-0.1, -0.05) is 24.3 Å². The molecule has 1 saturated heterocycles. The molecule has 5 N–H and O–H groups in total. The molecule has 0 aliphatic carbocycles. The number of nitrogens with two attached hydrogens (primary N) is 1. The van der Waals surface area contributed by atoms with E-state index in [1.165, 1.54) is 23.3 Å². The highest BCUT2D eigenvalue weighted by atomic mass is 32.2. The number of nitrogen functional groups attached to an aromatic ring is 1. The summed E-state index contributed by atoms with van der Waals surface area (Å²) < 4.78 is 39.7. The Morgan fingerprint density at radius 3 is 2.81 bits per heavy atom. The van der Waals surface area contributed by atoms with E-state index in [2.05, 4.69) is 19.7 Å². The minimum atomic E-state index is -3.86. The summed E-state index contributed by atoms with van der Waals surface area (Å²) in [5.41, 5.74) is 7.71. The van der Waals surface area contributed by atoms with Crippen LogP contribution >= 0.6 is 0 Å². The lowest BCUT2D eigenvalue weighted by Gasteiger charge is -2.16. The van der Waals surface area contributed by atoms with Crippen LogP contribution in [0.5, 0.6) is 0 Å². The molecule has 4 heterocycles. The number of allylic oxidation sites excluding steroid dienone is 1. The predicted octanol–water partition coefficient (Wildman–Crippen LogP) is 0.153. The van der Waals surface area contributed by atoms with Crippen molar-refractivity contribution >= 4 is 33.0 Å². The van der Waals surface area contributed by atoms with Crippen LogP contribution in [0.1, 0.15) is 41.1 Å². The summed E-state index contributed by atoms with van der Waals surface area (Å²) in [6.07, 6.45) is -0.393. The number of benzene rings is 1. The van der Waals surface area contributed by atoms with Gasteiger partial charge in [-0.3, -0.25) is 4.57 Å². The van der Waals surface area contributed by atoms with Gasteiger partial charge in [-0.2, -0.15) is 0 Å². The fraction of sp³-hybridized carbons (Fsp3) is 0.364. The number of esters is 1. The van der Waals surface area contributed by atoms with E-state index in [9.17, 15) is 23.4 Å². The Bertz CT molecular complexity index is 1430. The molecule has 2 aromatic heterocycles. The van der Waals surface area contributed by atoms with Crippen molar-refractivity contribution in [3.8, 4) is 0 Å². The van der Waals surface area contributed by atoms with Crippen molar-refractivity contribution < 1.29 is 32.9 Å². The molecule has 2 aliphatic heterocycles. The molecule has 0 saturated carbocycles. The van der Waals surface area contributed by atoms with E-state index in [0.29, 0.717) is 29.6 Å². The Balaban J connectivity index is 1.17. The highest BCUT2D eigenvalue weighted by Crippen LogP contribution is 2.34. The van der Waals surface area contributed by atoms with E-state index in [4.69, 9.17) is 15.2 Å². The molecule has 36 heavy (non-hydrogen) atoms. The number of aromatic nitrogens is 4. The number of hydrogen-bond acceptors (Lipinski definition) is 11. The number of sulfonamides is 1. The molecule has 0 radical (unpaired) electrons. The zero-order valence-corrected chi connectivity index (χ0v) is 19.7. The van der Waals surface area contributed by atoms with E-state index >= 15 is 0 Å². The topological polar surface area (TPSA) is 192 Å². The van der Waals surface area contributed by atoms with Gasteiger partial charge in [-0.25, -0.2) is 32.9 Å². The van der Waals surface area contributed by atoms with Crippen molar-refractivity contribution in [3.05, 3.63) is 59.5 Å². The number of imidazole rings is 1. The second-order valence-electron chi connectivity index (χ2n) is 8.45. The second-order valence-corrected chi connectivity index (χ2v) is 10.1. The van der Waals surface area contributed by atoms with Crippen LogP contribution in [0.25, 0.3) is 11.2 Å². The maximum Gasteiger partial charge on any atom is 0.339 e. The Morgan fingerprint density at radius 1 is 1.17 bits per heavy atom. The molecule has 190 valence electrons. The summed E-state index contributed by atoms with van der Waals surface area (Å²) in [5.74, 6) is -0.234. The Hall–Kier alpha value is -3.43. The number of nitrogens with one attached hydrogen (secondary N) is 1. The van der Waals surface area contributed by atoms with Crippen molar-refractivity contribution in [1.29, 1.82) is 0 Å². The van der Waals surface area contributed by atoms with E-state index in [-0.39, 0.29) is 18.3 Å². The fourth-order valence-corrected chi connectivity index (χ4v) is 5.19. The molecular formula is C22H24N6O7S. The monoisotopic (exact) mass is 516 g/mol. The van der Waals surface area contributed by atoms with Crippen LogP contribution < -0.4 is 10.5 Å². The van der Waals surface area contributed by atoms with Gasteiger partial charge in [0.1, 0.15) is 36.3 Å². The number of aliphatic hydroxyl groups excluding tert-OH is 2. The summed E-state index contributed by atoms with van der Waals surface area (Å²) in [4.78, 5) is 23.9. The van der Waals surface area contributed by atoms with Crippen LogP contribution in [0.4, 0.5) is 5.82 Å². The Labute approximate surface area is 205 Å². The largest absolute Gasteiger partial charge is 0.454 e. The molecule has 1 unspecified atom stereocenters. The lowest BCUT2D eigenvalue weighted by molar-refractivity contribution is -0.0329. The van der Waals surface area contributed by atoms with E-state index in [1.807, 2.05) is 12.1 Å². The predicted molar refractivity (Wildman–Crippen MR) is 126 cm³/mol. The van der Waals surface area contributed by atoms with Crippen LogP contribution in [-0.4, -0.2) is 69.0 Å². The molecule has 0 spiro atoms. The summed E-state index contributed by atoms with van der Waals surface area (Å²) >= 11 is 0. The molecule has 14 heteroatoms. The molecule has 1 fully saturated rings. The molecule has 2 aliphatic rings. The molecule has 0 bridgehead atoms. The van der Waals surface area contributed by atoms with Crippen LogP contribution in [0.2, 0.25) is 0 Å². The zero-order valence-electron chi connectivity index (χ0n) is 18.8. The standard InChI is InChI=1S/C22H24N6O7S/c23-19-16-20(25-10-24-19)28(11-26-16)21-18(30)17(29)15(34-21)9-27-36(32,33)8-4-3-7-14-12-5-1-2-6-13(12)22(31)35-14/h1-2,4-6,8,10-11,14-15,17-18,21,27,29-30H,3,7,9H2,(H2,23,24,25)/b8-4+/t14?,15-,17-,18-,21-/m1/s1. The van der Waals surface area contributed by atoms with Gasteiger partial charge in [0.25, 0.3) is 0 Å². The van der Waals surface area contributed by atoms with Crippen LogP contribution in [0, 0.1) is 0 Å². The number of anilines is 1. The maximum atomic E-state index is 12.4. The number of nitrogens with zero attached hydrogens (tertiary/aromatic N) is 4. The van der Waals surface area contributed by atoms with Gasteiger partial charge in [0.05, 0.1) is 11.9 Å². The zero-order chi connectivity index (χ0) is 25.4. The SMILES string of the molecule is Nc1ncnc2c1ncn2[C@@H]1O[C@H](CNS(=O)(=O)/C=C/CCC2OC(=O)c3ccccc32)[C@@H](O)[C@H]1O. The van der Waals surface area contributed by atoms with Crippen molar-refractivity contribution in [1.82, 2.24) is 24.2 Å². The second kappa shape index (κ2) is 9.55. The number of rotatable bonds is 8. The lowest BCUT2D eigenvalue weighted by atomic mass is 10.0. The first-order chi connectivity index (χ1) is 17.2. The quantitative estimate of drug-likeness (QED) is 0.298. The molecule has 5 atom stereocenters. The van der Waals surface area contributed by atoms with E-state index in [1.54, 1.807) is 12.1 Å². The number of carbonyl (C=O) groups excluding carboxylic acids is 1. The minimum absolute atomic E-state index is 0.151. The molecule has 1 aromatic carbocycles. The number of fused-ring (bicyclic) bond motifs is 2. The first-order valence-electron chi connectivity index (χ1n) is 11.2. The van der Waals surface area contributed by atoms with Crippen molar-refractivity contribution in [2.24, 2.45) is 0 Å². The number of ether oxygens (including phenoxy) is 2. The van der Waals surface area contributed by atoms with Crippen LogP contribution in [0.3, 0.4) is 0 Å². The van der Waals surface area contributed by atoms with Crippen LogP contribution in [-0.2, 0) is 19.5 Å². The van der Waals surface area contributed by atoms with E-state index < -0.39 is 40.7 Å². The first-order valence-corrected chi connectivity index (χ1v) is 12.7. The molecule has 13 nitrogen and oxygen atoms in total. The Morgan fingerprint density at radius 2 is 1.97 bits per heavy atom. The molecule has 0 amide bonds. The van der Waals surface area contributed by atoms with Gasteiger partial charge in [-0.05, 0) is 18.9 Å². The third-order valence-corrected chi connectivity index (χ3v) is 7.25. The van der Waals surface area contributed by atoms with E-state index in [0.717, 1.165) is 11.0 Å². The van der Waals surface area contributed by atoms with Crippen molar-refractivity contribution in [2.75, 3.05) is 12.3 Å². The molecular weight excluding hydrogens is 492 g/mol. The number of hydrogen-bond donors (Lipinski definition) is 4. The maximum absolute atomic E-state index is 12.4. The van der Waals surface area contributed by atoms with Crippen LogP contribution in [0.15, 0.2) is 48.4 Å². The third-order valence-electron chi connectivity index (χ3n) is 6.13. The highest BCUT2D eigenvalue weighted by molar-refractivity contribution is 7.92. The summed E-state index contributed by atoms with van der Waals surface area (Å²) in [6, 6.07) is 7.09.